The predicted molar refractivity (Wildman–Crippen MR) is 115 cm³/mol. The number of benzene rings is 2. The molecule has 0 aromatic heterocycles. The van der Waals surface area contributed by atoms with Crippen molar-refractivity contribution < 1.29 is 18.7 Å². The van der Waals surface area contributed by atoms with Crippen molar-refractivity contribution in [2.24, 2.45) is 0 Å². The molecule has 152 valence electrons. The number of halogens is 2. The minimum absolute atomic E-state index is 0.0981. The predicted octanol–water partition coefficient (Wildman–Crippen LogP) is 4.16. The van der Waals surface area contributed by atoms with Crippen LogP contribution in [0.15, 0.2) is 46.9 Å². The lowest BCUT2D eigenvalue weighted by molar-refractivity contribution is -0.126. The van der Waals surface area contributed by atoms with Crippen LogP contribution in [0.3, 0.4) is 0 Å². The van der Waals surface area contributed by atoms with E-state index < -0.39 is 5.82 Å². The van der Waals surface area contributed by atoms with E-state index in [1.54, 1.807) is 30.2 Å². The van der Waals surface area contributed by atoms with Gasteiger partial charge in [0.1, 0.15) is 11.6 Å². The number of rotatable bonds is 5. The molecule has 5 nitrogen and oxygen atoms in total. The molecule has 3 rings (SSSR count). The molecule has 7 heteroatoms. The number of methoxy groups -OCH3 is 1. The number of Topliss-reactive ketones (excluding diaryl/α,β-unsaturated/α-hetero) is 1. The Morgan fingerprint density at radius 3 is 2.45 bits per heavy atom. The van der Waals surface area contributed by atoms with Crippen LogP contribution in [0.1, 0.15) is 22.8 Å². The second-order valence-electron chi connectivity index (χ2n) is 6.75. The summed E-state index contributed by atoms with van der Waals surface area (Å²) in [4.78, 5) is 27.6. The summed E-state index contributed by atoms with van der Waals surface area (Å²) in [6.45, 7) is 3.45. The lowest BCUT2D eigenvalue weighted by atomic mass is 10.1. The van der Waals surface area contributed by atoms with E-state index in [0.717, 1.165) is 10.0 Å². The highest BCUT2D eigenvalue weighted by atomic mass is 79.9. The van der Waals surface area contributed by atoms with Gasteiger partial charge in [0.25, 0.3) is 0 Å². The molecule has 0 unspecified atom stereocenters. The van der Waals surface area contributed by atoms with Crippen molar-refractivity contribution >= 4 is 39.4 Å². The number of amides is 1. The molecule has 0 atom stereocenters. The molecule has 1 fully saturated rings. The molecule has 0 spiro atoms. The van der Waals surface area contributed by atoms with Crippen LogP contribution >= 0.6 is 15.9 Å². The normalized spacial score (nSPS) is 14.3. The molecule has 1 saturated heterocycles. The third kappa shape index (κ3) is 5.03. The third-order valence-corrected chi connectivity index (χ3v) is 5.38. The summed E-state index contributed by atoms with van der Waals surface area (Å²) in [7, 11) is 1.59. The maximum Gasteiger partial charge on any atom is 0.246 e. The summed E-state index contributed by atoms with van der Waals surface area (Å²) in [5.74, 6) is 0.00415. The number of carbonyl (C=O) groups excluding carboxylic acids is 2. The van der Waals surface area contributed by atoms with Gasteiger partial charge in [0.15, 0.2) is 5.78 Å². The first-order chi connectivity index (χ1) is 13.9. The quantitative estimate of drug-likeness (QED) is 0.496. The van der Waals surface area contributed by atoms with Gasteiger partial charge in [0.2, 0.25) is 5.91 Å². The van der Waals surface area contributed by atoms with Crippen molar-refractivity contribution in [2.75, 3.05) is 38.2 Å². The zero-order valence-electron chi connectivity index (χ0n) is 16.3. The van der Waals surface area contributed by atoms with E-state index >= 15 is 0 Å². The molecular weight excluding hydrogens is 439 g/mol. The van der Waals surface area contributed by atoms with Crippen LogP contribution in [0.25, 0.3) is 6.08 Å². The Hall–Kier alpha value is -2.67. The third-order valence-electron chi connectivity index (χ3n) is 4.88. The van der Waals surface area contributed by atoms with Gasteiger partial charge in [-0.25, -0.2) is 4.39 Å². The molecule has 2 aromatic carbocycles. The van der Waals surface area contributed by atoms with Crippen molar-refractivity contribution in [3.63, 3.8) is 0 Å². The van der Waals surface area contributed by atoms with Crippen LogP contribution in [0.2, 0.25) is 0 Å². The van der Waals surface area contributed by atoms with E-state index in [1.165, 1.54) is 19.1 Å². The van der Waals surface area contributed by atoms with Gasteiger partial charge in [-0.3, -0.25) is 9.59 Å². The van der Waals surface area contributed by atoms with Crippen LogP contribution in [-0.2, 0) is 4.79 Å². The second-order valence-corrected chi connectivity index (χ2v) is 7.67. The van der Waals surface area contributed by atoms with Gasteiger partial charge in [-0.2, -0.15) is 0 Å². The highest BCUT2D eigenvalue weighted by Gasteiger charge is 2.22. The lowest BCUT2D eigenvalue weighted by Crippen LogP contribution is -2.48. The summed E-state index contributed by atoms with van der Waals surface area (Å²) < 4.78 is 20.6. The molecule has 1 heterocycles. The molecule has 0 N–H and O–H groups in total. The zero-order chi connectivity index (χ0) is 21.0. The Morgan fingerprint density at radius 2 is 1.83 bits per heavy atom. The smallest absolute Gasteiger partial charge is 0.246 e. The van der Waals surface area contributed by atoms with Crippen molar-refractivity contribution in [1.29, 1.82) is 0 Å². The van der Waals surface area contributed by atoms with Crippen LogP contribution in [-0.4, -0.2) is 49.9 Å². The van der Waals surface area contributed by atoms with Crippen molar-refractivity contribution in [1.82, 2.24) is 4.90 Å². The maximum atomic E-state index is 14.4. The second kappa shape index (κ2) is 9.22. The SMILES string of the molecule is COc1ccc(Br)cc1/C=C/C(=O)N1CCN(c2ccc(C(C)=O)cc2F)CC1. The molecule has 0 radical (unpaired) electrons. The average Bonchev–Trinajstić information content (AvgIpc) is 2.72. The minimum Gasteiger partial charge on any atom is -0.496 e. The molecule has 1 amide bonds. The first-order valence-electron chi connectivity index (χ1n) is 9.25. The summed E-state index contributed by atoms with van der Waals surface area (Å²) in [5, 5.41) is 0. The largest absolute Gasteiger partial charge is 0.496 e. The Labute approximate surface area is 177 Å². The Kier molecular flexibility index (Phi) is 6.69. The molecule has 29 heavy (non-hydrogen) atoms. The zero-order valence-corrected chi connectivity index (χ0v) is 17.9. The van der Waals surface area contributed by atoms with Gasteiger partial charge >= 0.3 is 0 Å². The molecule has 2 aromatic rings. The van der Waals surface area contributed by atoms with E-state index in [-0.39, 0.29) is 11.7 Å². The van der Waals surface area contributed by atoms with Gasteiger partial charge in [0, 0.05) is 47.9 Å². The van der Waals surface area contributed by atoms with Crippen LogP contribution in [0, 0.1) is 5.82 Å². The van der Waals surface area contributed by atoms with Crippen LogP contribution in [0.4, 0.5) is 10.1 Å². The number of ether oxygens (including phenoxy) is 1. The van der Waals surface area contributed by atoms with Crippen molar-refractivity contribution in [3.8, 4) is 5.75 Å². The highest BCUT2D eigenvalue weighted by Crippen LogP contribution is 2.25. The molecule has 0 saturated carbocycles. The fraction of sp³-hybridized carbons (Fsp3) is 0.273. The van der Waals surface area contributed by atoms with Gasteiger partial charge < -0.3 is 14.5 Å². The summed E-state index contributed by atoms with van der Waals surface area (Å²) >= 11 is 3.42. The fourth-order valence-corrected chi connectivity index (χ4v) is 3.63. The number of hydrogen-bond donors (Lipinski definition) is 0. The van der Waals surface area contributed by atoms with E-state index in [9.17, 15) is 14.0 Å². The van der Waals surface area contributed by atoms with E-state index in [0.29, 0.717) is 43.2 Å². The van der Waals surface area contributed by atoms with Crippen LogP contribution in [0.5, 0.6) is 5.75 Å². The minimum atomic E-state index is -0.417. The van der Waals surface area contributed by atoms with Crippen molar-refractivity contribution in [3.05, 3.63) is 63.9 Å². The molecule has 0 aliphatic carbocycles. The number of anilines is 1. The standard InChI is InChI=1S/C22H22BrFN2O3/c1-15(27)16-3-6-20(19(24)14-16)25-9-11-26(12-10-25)22(28)8-4-17-13-18(23)5-7-21(17)29-2/h3-8,13-14H,9-12H2,1-2H3/b8-4+. The number of ketones is 1. The molecule has 0 bridgehead atoms. The van der Waals surface area contributed by atoms with Crippen LogP contribution < -0.4 is 9.64 Å². The Balaban J connectivity index is 1.63. The maximum absolute atomic E-state index is 14.4. The number of hydrogen-bond acceptors (Lipinski definition) is 4. The van der Waals surface area contributed by atoms with E-state index in [4.69, 9.17) is 4.74 Å². The number of piperazine rings is 1. The summed E-state index contributed by atoms with van der Waals surface area (Å²) in [6, 6.07) is 10.1. The van der Waals surface area contributed by atoms with Gasteiger partial charge in [-0.1, -0.05) is 15.9 Å². The lowest BCUT2D eigenvalue weighted by Gasteiger charge is -2.35. The Bertz CT molecular complexity index is 953. The first kappa shape index (κ1) is 21.0. The fourth-order valence-electron chi connectivity index (χ4n) is 3.25. The number of carbonyl (C=O) groups is 2. The number of nitrogens with zero attached hydrogens (tertiary/aromatic N) is 2. The first-order valence-corrected chi connectivity index (χ1v) is 10.0. The summed E-state index contributed by atoms with van der Waals surface area (Å²) in [6.07, 6.45) is 3.26. The van der Waals surface area contributed by atoms with E-state index in [2.05, 4.69) is 15.9 Å². The van der Waals surface area contributed by atoms with Gasteiger partial charge in [-0.15, -0.1) is 0 Å². The molecular formula is C22H22BrFN2O3. The molecule has 1 aliphatic rings. The summed E-state index contributed by atoms with van der Waals surface area (Å²) in [5.41, 5.74) is 1.62. The van der Waals surface area contributed by atoms with E-state index in [1.807, 2.05) is 23.1 Å². The average molecular weight is 461 g/mol. The van der Waals surface area contributed by atoms with Crippen molar-refractivity contribution in [2.45, 2.75) is 6.92 Å². The molecule has 1 aliphatic heterocycles. The topological polar surface area (TPSA) is 49.9 Å². The van der Waals surface area contributed by atoms with Gasteiger partial charge in [0.05, 0.1) is 12.8 Å². The highest BCUT2D eigenvalue weighted by molar-refractivity contribution is 9.10. The van der Waals surface area contributed by atoms with Gasteiger partial charge in [-0.05, 0) is 49.4 Å². The Morgan fingerprint density at radius 1 is 1.10 bits per heavy atom. The monoisotopic (exact) mass is 460 g/mol.